The Labute approximate surface area is 103 Å². The number of carbonyl (C=O) groups is 1. The number of carboxylic acids is 1. The van der Waals surface area contributed by atoms with Crippen LogP contribution in [0.3, 0.4) is 0 Å². The molecule has 0 bridgehead atoms. The van der Waals surface area contributed by atoms with Crippen molar-refractivity contribution in [2.24, 2.45) is 0 Å². The highest BCUT2D eigenvalue weighted by Crippen LogP contribution is 2.28. The van der Waals surface area contributed by atoms with Crippen molar-refractivity contribution in [3.63, 3.8) is 0 Å². The molecule has 88 valence electrons. The van der Waals surface area contributed by atoms with Gasteiger partial charge >= 0.3 is 5.97 Å². The highest BCUT2D eigenvalue weighted by atomic mass is 16.4. The lowest BCUT2D eigenvalue weighted by Crippen LogP contribution is -1.95. The van der Waals surface area contributed by atoms with E-state index in [0.29, 0.717) is 5.56 Å². The van der Waals surface area contributed by atoms with Gasteiger partial charge in [0.1, 0.15) is 0 Å². The van der Waals surface area contributed by atoms with E-state index in [1.54, 1.807) is 18.3 Å². The third-order valence-electron chi connectivity index (χ3n) is 2.94. The molecule has 2 N–H and O–H groups in total. The monoisotopic (exact) mass is 238 g/mol. The summed E-state index contributed by atoms with van der Waals surface area (Å²) in [6, 6.07) is 11.0. The molecule has 2 aromatic carbocycles. The molecule has 1 aromatic heterocycles. The zero-order valence-electron chi connectivity index (χ0n) is 9.42. The van der Waals surface area contributed by atoms with Crippen molar-refractivity contribution in [2.75, 3.05) is 0 Å². The maximum Gasteiger partial charge on any atom is 0.335 e. The minimum Gasteiger partial charge on any atom is -0.478 e. The highest BCUT2D eigenvalue weighted by Gasteiger charge is 2.07. The third kappa shape index (κ3) is 1.64. The van der Waals surface area contributed by atoms with Gasteiger partial charge in [0, 0.05) is 11.8 Å². The first-order valence-corrected chi connectivity index (χ1v) is 5.51. The maximum absolute atomic E-state index is 10.9. The molecule has 18 heavy (non-hydrogen) atoms. The summed E-state index contributed by atoms with van der Waals surface area (Å²) in [6.45, 7) is 0. The van der Waals surface area contributed by atoms with E-state index in [0.717, 1.165) is 21.9 Å². The van der Waals surface area contributed by atoms with Gasteiger partial charge in [-0.15, -0.1) is 0 Å². The van der Waals surface area contributed by atoms with Crippen LogP contribution in [0.25, 0.3) is 21.9 Å². The van der Waals surface area contributed by atoms with Crippen molar-refractivity contribution in [3.05, 3.63) is 54.4 Å². The fourth-order valence-corrected chi connectivity index (χ4v) is 2.07. The molecule has 0 fully saturated rings. The Kier molecular flexibility index (Phi) is 2.34. The lowest BCUT2D eigenvalue weighted by Gasteiger charge is -2.05. The van der Waals surface area contributed by atoms with Crippen LogP contribution in [-0.4, -0.2) is 21.3 Å². The van der Waals surface area contributed by atoms with Gasteiger partial charge in [0.2, 0.25) is 0 Å². The molecule has 0 aliphatic rings. The van der Waals surface area contributed by atoms with Gasteiger partial charge in [-0.25, -0.2) is 4.79 Å². The first-order chi connectivity index (χ1) is 8.75. The highest BCUT2D eigenvalue weighted by molar-refractivity contribution is 6.00. The summed E-state index contributed by atoms with van der Waals surface area (Å²) in [6.07, 6.45) is 3.57. The number of fused-ring (bicyclic) bond motifs is 1. The first kappa shape index (κ1) is 10.5. The molecule has 0 saturated carbocycles. The average Bonchev–Trinajstić information content (AvgIpc) is 2.91. The summed E-state index contributed by atoms with van der Waals surface area (Å²) in [5.41, 5.74) is 2.33. The largest absolute Gasteiger partial charge is 0.478 e. The van der Waals surface area contributed by atoms with Gasteiger partial charge in [-0.2, -0.15) is 5.10 Å². The molecule has 3 aromatic rings. The molecule has 0 spiro atoms. The van der Waals surface area contributed by atoms with Gasteiger partial charge in [-0.3, -0.25) is 5.10 Å². The predicted molar refractivity (Wildman–Crippen MR) is 68.5 cm³/mol. The van der Waals surface area contributed by atoms with Crippen molar-refractivity contribution < 1.29 is 9.90 Å². The van der Waals surface area contributed by atoms with Crippen LogP contribution >= 0.6 is 0 Å². The molecule has 4 nitrogen and oxygen atoms in total. The Balaban J connectivity index is 2.26. The number of nitrogens with one attached hydrogen (secondary N) is 1. The molecule has 0 saturated heterocycles. The van der Waals surface area contributed by atoms with Gasteiger partial charge in [0.15, 0.2) is 0 Å². The summed E-state index contributed by atoms with van der Waals surface area (Å²) < 4.78 is 0. The third-order valence-corrected chi connectivity index (χ3v) is 2.94. The van der Waals surface area contributed by atoms with Crippen LogP contribution in [0.15, 0.2) is 48.8 Å². The van der Waals surface area contributed by atoms with E-state index in [-0.39, 0.29) is 0 Å². The van der Waals surface area contributed by atoms with E-state index < -0.39 is 5.97 Å². The van der Waals surface area contributed by atoms with E-state index in [1.165, 1.54) is 0 Å². The SMILES string of the molecule is O=C(O)c1ccc2c(-c3cn[nH]c3)cccc2c1. The second-order valence-corrected chi connectivity index (χ2v) is 4.03. The van der Waals surface area contributed by atoms with Crippen LogP contribution in [-0.2, 0) is 0 Å². The predicted octanol–water partition coefficient (Wildman–Crippen LogP) is 2.93. The van der Waals surface area contributed by atoms with Crippen LogP contribution in [0.5, 0.6) is 0 Å². The number of hydrogen-bond acceptors (Lipinski definition) is 2. The fraction of sp³-hybridized carbons (Fsp3) is 0. The number of hydrogen-bond donors (Lipinski definition) is 2. The molecule has 0 radical (unpaired) electrons. The summed E-state index contributed by atoms with van der Waals surface area (Å²) in [4.78, 5) is 10.9. The van der Waals surface area contributed by atoms with Gasteiger partial charge in [0.25, 0.3) is 0 Å². The number of nitrogens with zero attached hydrogens (tertiary/aromatic N) is 1. The minimum atomic E-state index is -0.911. The number of aromatic nitrogens is 2. The number of carboxylic acid groups (broad SMARTS) is 1. The van der Waals surface area contributed by atoms with Crippen molar-refractivity contribution >= 4 is 16.7 Å². The van der Waals surface area contributed by atoms with Crippen molar-refractivity contribution in [2.45, 2.75) is 0 Å². The standard InChI is InChI=1S/C14H10N2O2/c17-14(18)10-4-5-13-9(6-10)2-1-3-12(13)11-7-15-16-8-11/h1-8H,(H,15,16)(H,17,18). The minimum absolute atomic E-state index is 0.298. The van der Waals surface area contributed by atoms with Crippen molar-refractivity contribution in [1.82, 2.24) is 10.2 Å². The Bertz CT molecular complexity index is 718. The average molecular weight is 238 g/mol. The molecule has 4 heteroatoms. The smallest absolute Gasteiger partial charge is 0.335 e. The van der Waals surface area contributed by atoms with Crippen LogP contribution in [0.4, 0.5) is 0 Å². The summed E-state index contributed by atoms with van der Waals surface area (Å²) >= 11 is 0. The number of rotatable bonds is 2. The number of H-pyrrole nitrogens is 1. The molecule has 0 atom stereocenters. The number of aromatic carboxylic acids is 1. The Hall–Kier alpha value is -2.62. The number of benzene rings is 2. The molecule has 0 aliphatic heterocycles. The number of aromatic amines is 1. The van der Waals surface area contributed by atoms with E-state index in [1.807, 2.05) is 30.5 Å². The van der Waals surface area contributed by atoms with Gasteiger partial charge in [-0.05, 0) is 28.5 Å². The van der Waals surface area contributed by atoms with Gasteiger partial charge < -0.3 is 5.11 Å². The molecular weight excluding hydrogens is 228 g/mol. The summed E-state index contributed by atoms with van der Waals surface area (Å²) in [5, 5.41) is 17.6. The van der Waals surface area contributed by atoms with Gasteiger partial charge in [0.05, 0.1) is 11.8 Å². The first-order valence-electron chi connectivity index (χ1n) is 5.51. The quantitative estimate of drug-likeness (QED) is 0.721. The van der Waals surface area contributed by atoms with Crippen molar-refractivity contribution in [1.29, 1.82) is 0 Å². The normalized spacial score (nSPS) is 10.7. The Morgan fingerprint density at radius 2 is 2.11 bits per heavy atom. The summed E-state index contributed by atoms with van der Waals surface area (Å²) in [5.74, 6) is -0.911. The maximum atomic E-state index is 10.9. The van der Waals surface area contributed by atoms with Crippen molar-refractivity contribution in [3.8, 4) is 11.1 Å². The van der Waals surface area contributed by atoms with E-state index in [9.17, 15) is 4.79 Å². The molecule has 0 unspecified atom stereocenters. The van der Waals surface area contributed by atoms with Crippen LogP contribution < -0.4 is 0 Å². The topological polar surface area (TPSA) is 66.0 Å². The molecule has 1 heterocycles. The van der Waals surface area contributed by atoms with Crippen LogP contribution in [0.1, 0.15) is 10.4 Å². The second-order valence-electron chi connectivity index (χ2n) is 4.03. The zero-order chi connectivity index (χ0) is 12.5. The second kappa shape index (κ2) is 4.00. The van der Waals surface area contributed by atoms with E-state index in [2.05, 4.69) is 10.2 Å². The summed E-state index contributed by atoms with van der Waals surface area (Å²) in [7, 11) is 0. The lowest BCUT2D eigenvalue weighted by atomic mass is 9.99. The lowest BCUT2D eigenvalue weighted by molar-refractivity contribution is 0.0697. The molecule has 0 aliphatic carbocycles. The van der Waals surface area contributed by atoms with Crippen LogP contribution in [0, 0.1) is 0 Å². The molecule has 3 rings (SSSR count). The Morgan fingerprint density at radius 3 is 2.83 bits per heavy atom. The van der Waals surface area contributed by atoms with Crippen LogP contribution in [0.2, 0.25) is 0 Å². The Morgan fingerprint density at radius 1 is 1.22 bits per heavy atom. The van der Waals surface area contributed by atoms with E-state index in [4.69, 9.17) is 5.11 Å². The fourth-order valence-electron chi connectivity index (χ4n) is 2.07. The van der Waals surface area contributed by atoms with E-state index >= 15 is 0 Å². The molecular formula is C14H10N2O2. The van der Waals surface area contributed by atoms with Gasteiger partial charge in [-0.1, -0.05) is 24.3 Å². The zero-order valence-corrected chi connectivity index (χ0v) is 9.42. The molecule has 0 amide bonds.